The Kier molecular flexibility index (Phi) is 4.71. The molecular weight excluding hydrogens is 248 g/mol. The van der Waals surface area contributed by atoms with Gasteiger partial charge in [0.2, 0.25) is 0 Å². The van der Waals surface area contributed by atoms with Gasteiger partial charge in [-0.15, -0.1) is 0 Å². The lowest BCUT2D eigenvalue weighted by molar-refractivity contribution is 0.0423. The van der Waals surface area contributed by atoms with Crippen LogP contribution in [0.15, 0.2) is 18.2 Å². The molecule has 0 spiro atoms. The molecule has 0 aromatic heterocycles. The first-order valence-corrected chi connectivity index (χ1v) is 7.56. The summed E-state index contributed by atoms with van der Waals surface area (Å²) >= 11 is 0. The second-order valence-electron chi connectivity index (χ2n) is 6.29. The smallest absolute Gasteiger partial charge is 0.0594 e. The van der Waals surface area contributed by atoms with Crippen LogP contribution in [0.4, 0.5) is 5.69 Å². The first-order valence-electron chi connectivity index (χ1n) is 7.56. The van der Waals surface area contributed by atoms with Crippen molar-refractivity contribution in [3.8, 4) is 0 Å². The average Bonchev–Trinajstić information content (AvgIpc) is 2.45. The van der Waals surface area contributed by atoms with E-state index >= 15 is 0 Å². The Morgan fingerprint density at radius 1 is 1.30 bits per heavy atom. The molecule has 0 saturated heterocycles. The largest absolute Gasteiger partial charge is 0.381 e. The summed E-state index contributed by atoms with van der Waals surface area (Å²) in [5.74, 6) is 0. The Labute approximate surface area is 123 Å². The Morgan fingerprint density at radius 2 is 1.95 bits per heavy atom. The van der Waals surface area contributed by atoms with Crippen LogP contribution in [0.25, 0.3) is 0 Å². The molecule has 0 bridgehead atoms. The predicted molar refractivity (Wildman–Crippen MR) is 85.4 cm³/mol. The molecule has 0 heterocycles. The van der Waals surface area contributed by atoms with Crippen molar-refractivity contribution >= 4 is 5.69 Å². The van der Waals surface area contributed by atoms with Gasteiger partial charge in [0.1, 0.15) is 0 Å². The predicted octanol–water partition coefficient (Wildman–Crippen LogP) is 3.03. The van der Waals surface area contributed by atoms with Crippen molar-refractivity contribution in [3.05, 3.63) is 29.3 Å². The molecule has 0 aliphatic heterocycles. The molecule has 112 valence electrons. The summed E-state index contributed by atoms with van der Waals surface area (Å²) in [6, 6.07) is 6.72. The van der Waals surface area contributed by atoms with Crippen LogP contribution < -0.4 is 10.6 Å². The van der Waals surface area contributed by atoms with Gasteiger partial charge in [0, 0.05) is 26.4 Å². The lowest BCUT2D eigenvalue weighted by atomic mass is 9.78. The van der Waals surface area contributed by atoms with E-state index in [1.54, 1.807) is 0 Å². The minimum Gasteiger partial charge on any atom is -0.381 e. The number of rotatable bonds is 4. The van der Waals surface area contributed by atoms with Crippen LogP contribution in [0.1, 0.15) is 36.8 Å². The highest BCUT2D eigenvalue weighted by atomic mass is 16.5. The molecule has 1 aliphatic rings. The van der Waals surface area contributed by atoms with Crippen molar-refractivity contribution < 1.29 is 4.74 Å². The quantitative estimate of drug-likeness (QED) is 0.918. The Morgan fingerprint density at radius 3 is 2.50 bits per heavy atom. The molecule has 3 nitrogen and oxygen atoms in total. The first-order chi connectivity index (χ1) is 9.50. The van der Waals surface area contributed by atoms with E-state index in [9.17, 15) is 0 Å². The molecule has 1 aromatic carbocycles. The number of benzene rings is 1. The molecular formula is C17H28N2O. The number of aryl methyl sites for hydroxylation is 2. The summed E-state index contributed by atoms with van der Waals surface area (Å²) in [5, 5.41) is 0. The minimum absolute atomic E-state index is 0.0269. The highest BCUT2D eigenvalue weighted by Crippen LogP contribution is 2.36. The van der Waals surface area contributed by atoms with Crippen LogP contribution in [0.2, 0.25) is 0 Å². The van der Waals surface area contributed by atoms with Crippen LogP contribution in [0, 0.1) is 13.8 Å². The maximum absolute atomic E-state index is 6.17. The Balaban J connectivity index is 2.30. The van der Waals surface area contributed by atoms with Gasteiger partial charge in [-0.25, -0.2) is 0 Å². The fraction of sp³-hybridized carbons (Fsp3) is 0.647. The fourth-order valence-corrected chi connectivity index (χ4v) is 3.53. The highest BCUT2D eigenvalue weighted by molar-refractivity contribution is 5.52. The van der Waals surface area contributed by atoms with Crippen molar-refractivity contribution in [2.75, 3.05) is 25.6 Å². The number of anilines is 1. The summed E-state index contributed by atoms with van der Waals surface area (Å²) in [5.41, 5.74) is 10.1. The second kappa shape index (κ2) is 6.15. The zero-order chi connectivity index (χ0) is 14.8. The molecule has 1 fully saturated rings. The first kappa shape index (κ1) is 15.3. The Hall–Kier alpha value is -1.06. The van der Waals surface area contributed by atoms with Crippen LogP contribution in [-0.4, -0.2) is 32.3 Å². The third-order valence-corrected chi connectivity index (χ3v) is 4.79. The molecule has 1 saturated carbocycles. The van der Waals surface area contributed by atoms with Crippen molar-refractivity contribution in [3.63, 3.8) is 0 Å². The van der Waals surface area contributed by atoms with Gasteiger partial charge in [0.05, 0.1) is 11.6 Å². The lowest BCUT2D eigenvalue weighted by Crippen LogP contribution is -2.56. The van der Waals surface area contributed by atoms with Crippen LogP contribution >= 0.6 is 0 Å². The maximum Gasteiger partial charge on any atom is 0.0594 e. The van der Waals surface area contributed by atoms with E-state index < -0.39 is 0 Å². The molecule has 1 aromatic rings. The molecule has 2 N–H and O–H groups in total. The standard InChI is InChI=1S/C17H28N2O/c1-13-8-14(2)10-15(9-13)19(3)17(12-18)7-5-6-16(11-17)20-4/h8-10,16H,5-7,11-12,18H2,1-4H3. The van der Waals surface area contributed by atoms with E-state index in [4.69, 9.17) is 10.5 Å². The van der Waals surface area contributed by atoms with Crippen molar-refractivity contribution in [2.45, 2.75) is 51.2 Å². The van der Waals surface area contributed by atoms with Gasteiger partial charge < -0.3 is 15.4 Å². The summed E-state index contributed by atoms with van der Waals surface area (Å²) in [4.78, 5) is 2.39. The van der Waals surface area contributed by atoms with Gasteiger partial charge in [-0.3, -0.25) is 0 Å². The SMILES string of the molecule is COC1CCCC(CN)(N(C)c2cc(C)cc(C)c2)C1. The number of hydrogen-bond acceptors (Lipinski definition) is 3. The summed E-state index contributed by atoms with van der Waals surface area (Å²) in [6.07, 6.45) is 4.83. The zero-order valence-electron chi connectivity index (χ0n) is 13.3. The van der Waals surface area contributed by atoms with Gasteiger partial charge in [-0.1, -0.05) is 6.07 Å². The van der Waals surface area contributed by atoms with E-state index in [2.05, 4.69) is 44.0 Å². The van der Waals surface area contributed by atoms with E-state index in [1.165, 1.54) is 23.2 Å². The molecule has 1 aliphatic carbocycles. The molecule has 3 heteroatoms. The lowest BCUT2D eigenvalue weighted by Gasteiger charge is -2.47. The summed E-state index contributed by atoms with van der Waals surface area (Å²) in [7, 11) is 3.99. The van der Waals surface area contributed by atoms with Gasteiger partial charge in [-0.05, 0) is 62.8 Å². The summed E-state index contributed by atoms with van der Waals surface area (Å²) < 4.78 is 5.60. The highest BCUT2D eigenvalue weighted by Gasteiger charge is 2.39. The molecule has 2 rings (SSSR count). The van der Waals surface area contributed by atoms with E-state index in [-0.39, 0.29) is 5.54 Å². The van der Waals surface area contributed by atoms with Crippen molar-refractivity contribution in [1.29, 1.82) is 0 Å². The molecule has 20 heavy (non-hydrogen) atoms. The van der Waals surface area contributed by atoms with E-state index in [0.717, 1.165) is 19.3 Å². The third-order valence-electron chi connectivity index (χ3n) is 4.79. The topological polar surface area (TPSA) is 38.5 Å². The summed E-state index contributed by atoms with van der Waals surface area (Å²) in [6.45, 7) is 4.98. The van der Waals surface area contributed by atoms with E-state index in [1.807, 2.05) is 7.11 Å². The molecule has 2 atom stereocenters. The number of hydrogen-bond donors (Lipinski definition) is 1. The zero-order valence-corrected chi connectivity index (χ0v) is 13.3. The minimum atomic E-state index is 0.0269. The van der Waals surface area contributed by atoms with Gasteiger partial charge in [0.15, 0.2) is 0 Å². The normalized spacial score (nSPS) is 26.6. The van der Waals surface area contributed by atoms with E-state index in [0.29, 0.717) is 12.6 Å². The van der Waals surface area contributed by atoms with Gasteiger partial charge >= 0.3 is 0 Å². The number of ether oxygens (including phenoxy) is 1. The van der Waals surface area contributed by atoms with Crippen LogP contribution in [0.5, 0.6) is 0 Å². The number of methoxy groups -OCH3 is 1. The van der Waals surface area contributed by atoms with Crippen LogP contribution in [-0.2, 0) is 4.74 Å². The number of nitrogens with zero attached hydrogens (tertiary/aromatic N) is 1. The second-order valence-corrected chi connectivity index (χ2v) is 6.29. The van der Waals surface area contributed by atoms with Crippen molar-refractivity contribution in [2.24, 2.45) is 5.73 Å². The van der Waals surface area contributed by atoms with Gasteiger partial charge in [-0.2, -0.15) is 0 Å². The van der Waals surface area contributed by atoms with Crippen LogP contribution in [0.3, 0.4) is 0 Å². The molecule has 0 amide bonds. The molecule has 2 unspecified atom stereocenters. The molecule has 0 radical (unpaired) electrons. The maximum atomic E-state index is 6.17. The van der Waals surface area contributed by atoms with Gasteiger partial charge in [0.25, 0.3) is 0 Å². The fourth-order valence-electron chi connectivity index (χ4n) is 3.53. The number of likely N-dealkylation sites (N-methyl/N-ethyl adjacent to an activating group) is 1. The third kappa shape index (κ3) is 2.99. The Bertz CT molecular complexity index is 440. The monoisotopic (exact) mass is 276 g/mol. The van der Waals surface area contributed by atoms with Crippen molar-refractivity contribution in [1.82, 2.24) is 0 Å². The number of nitrogens with two attached hydrogens (primary N) is 1. The average molecular weight is 276 g/mol.